The summed E-state index contributed by atoms with van der Waals surface area (Å²) in [4.78, 5) is 4.24. The average Bonchev–Trinajstić information content (AvgIpc) is 2.83. The fraction of sp³-hybridized carbons (Fsp3) is 0.429. The van der Waals surface area contributed by atoms with Gasteiger partial charge in [0.25, 0.3) is 0 Å². The number of nitrogens with one attached hydrogen (secondary N) is 1. The Balaban J connectivity index is 2.27. The van der Waals surface area contributed by atoms with Crippen molar-refractivity contribution in [3.8, 4) is 0 Å². The average molecular weight is 341 g/mol. The SMILES string of the molecule is CCCNC(Cc1ncnn1C)c1cc(F)ccc1Br. The first-order valence-electron chi connectivity index (χ1n) is 6.63. The number of benzene rings is 1. The molecule has 1 atom stereocenters. The molecule has 0 bridgehead atoms. The number of hydrogen-bond donors (Lipinski definition) is 1. The van der Waals surface area contributed by atoms with E-state index in [1.165, 1.54) is 12.4 Å². The largest absolute Gasteiger partial charge is 0.310 e. The molecule has 2 aromatic rings. The van der Waals surface area contributed by atoms with Crippen LogP contribution in [-0.4, -0.2) is 21.3 Å². The number of hydrogen-bond acceptors (Lipinski definition) is 3. The van der Waals surface area contributed by atoms with E-state index < -0.39 is 0 Å². The van der Waals surface area contributed by atoms with Crippen molar-refractivity contribution in [1.82, 2.24) is 20.1 Å². The summed E-state index contributed by atoms with van der Waals surface area (Å²) in [5.74, 6) is 0.638. The highest BCUT2D eigenvalue weighted by molar-refractivity contribution is 9.10. The fourth-order valence-corrected chi connectivity index (χ4v) is 2.60. The minimum atomic E-state index is -0.232. The van der Waals surface area contributed by atoms with Crippen LogP contribution in [0.3, 0.4) is 0 Å². The summed E-state index contributed by atoms with van der Waals surface area (Å²) < 4.78 is 16.1. The Kier molecular flexibility index (Phi) is 5.25. The first-order chi connectivity index (χ1) is 9.61. The van der Waals surface area contributed by atoms with E-state index in [2.05, 4.69) is 38.3 Å². The Labute approximate surface area is 126 Å². The maximum absolute atomic E-state index is 13.5. The van der Waals surface area contributed by atoms with Gasteiger partial charge in [-0.3, -0.25) is 4.68 Å². The number of halogens is 2. The molecule has 6 heteroatoms. The second kappa shape index (κ2) is 6.95. The van der Waals surface area contributed by atoms with Crippen LogP contribution in [0.15, 0.2) is 29.0 Å². The van der Waals surface area contributed by atoms with Crippen molar-refractivity contribution in [2.45, 2.75) is 25.8 Å². The minimum absolute atomic E-state index is 0.00271. The van der Waals surface area contributed by atoms with Crippen LogP contribution in [0, 0.1) is 5.82 Å². The van der Waals surface area contributed by atoms with Crippen LogP contribution in [0.2, 0.25) is 0 Å². The number of aromatic nitrogens is 3. The van der Waals surface area contributed by atoms with Crippen molar-refractivity contribution in [1.29, 1.82) is 0 Å². The fourth-order valence-electron chi connectivity index (χ4n) is 2.08. The molecular weight excluding hydrogens is 323 g/mol. The van der Waals surface area contributed by atoms with Crippen molar-refractivity contribution in [2.24, 2.45) is 7.05 Å². The molecule has 0 spiro atoms. The summed E-state index contributed by atoms with van der Waals surface area (Å²) in [5, 5.41) is 7.52. The maximum atomic E-state index is 13.5. The standard InChI is InChI=1S/C14H18BrFN4/c1-3-6-17-13(8-14-18-9-19-20(14)2)11-7-10(16)4-5-12(11)15/h4-5,7,9,13,17H,3,6,8H2,1-2H3. The van der Waals surface area contributed by atoms with Gasteiger partial charge in [-0.2, -0.15) is 5.10 Å². The van der Waals surface area contributed by atoms with Crippen molar-refractivity contribution < 1.29 is 4.39 Å². The van der Waals surface area contributed by atoms with Gasteiger partial charge in [0.05, 0.1) is 0 Å². The lowest BCUT2D eigenvalue weighted by Crippen LogP contribution is -2.25. The summed E-state index contributed by atoms with van der Waals surface area (Å²) in [6.45, 7) is 2.97. The topological polar surface area (TPSA) is 42.7 Å². The van der Waals surface area contributed by atoms with Crippen molar-refractivity contribution in [2.75, 3.05) is 6.54 Å². The lowest BCUT2D eigenvalue weighted by molar-refractivity contribution is 0.501. The molecule has 1 unspecified atom stereocenters. The third-order valence-corrected chi connectivity index (χ3v) is 3.89. The molecule has 0 aliphatic heterocycles. The van der Waals surface area contributed by atoms with Crippen LogP contribution in [0.25, 0.3) is 0 Å². The number of nitrogens with zero attached hydrogens (tertiary/aromatic N) is 3. The Bertz CT molecular complexity index is 570. The smallest absolute Gasteiger partial charge is 0.138 e. The molecule has 0 saturated carbocycles. The molecule has 0 radical (unpaired) electrons. The van der Waals surface area contributed by atoms with Gasteiger partial charge in [0.1, 0.15) is 18.0 Å². The highest BCUT2D eigenvalue weighted by Crippen LogP contribution is 2.26. The monoisotopic (exact) mass is 340 g/mol. The van der Waals surface area contributed by atoms with E-state index in [1.807, 2.05) is 7.05 Å². The Morgan fingerprint density at radius 2 is 2.25 bits per heavy atom. The number of aryl methyl sites for hydroxylation is 1. The first kappa shape index (κ1) is 15.1. The van der Waals surface area contributed by atoms with Crippen LogP contribution < -0.4 is 5.32 Å². The zero-order chi connectivity index (χ0) is 14.5. The first-order valence-corrected chi connectivity index (χ1v) is 7.42. The summed E-state index contributed by atoms with van der Waals surface area (Å²) in [6.07, 6.45) is 3.22. The molecule has 0 amide bonds. The van der Waals surface area contributed by atoms with E-state index in [4.69, 9.17) is 0 Å². The van der Waals surface area contributed by atoms with Gasteiger partial charge < -0.3 is 5.32 Å². The van der Waals surface area contributed by atoms with E-state index in [-0.39, 0.29) is 11.9 Å². The molecule has 2 rings (SSSR count). The van der Waals surface area contributed by atoms with Gasteiger partial charge in [-0.1, -0.05) is 22.9 Å². The predicted molar refractivity (Wildman–Crippen MR) is 79.8 cm³/mol. The molecular formula is C14H18BrFN4. The van der Waals surface area contributed by atoms with Gasteiger partial charge in [-0.05, 0) is 36.7 Å². The summed E-state index contributed by atoms with van der Waals surface area (Å²) >= 11 is 3.50. The molecule has 1 heterocycles. The van der Waals surface area contributed by atoms with E-state index in [0.29, 0.717) is 6.42 Å². The van der Waals surface area contributed by atoms with Gasteiger partial charge in [-0.25, -0.2) is 9.37 Å². The van der Waals surface area contributed by atoms with Gasteiger partial charge in [-0.15, -0.1) is 0 Å². The van der Waals surface area contributed by atoms with Gasteiger partial charge in [0, 0.05) is 24.0 Å². The Morgan fingerprint density at radius 1 is 1.45 bits per heavy atom. The third kappa shape index (κ3) is 3.64. The lowest BCUT2D eigenvalue weighted by Gasteiger charge is -2.20. The summed E-state index contributed by atoms with van der Waals surface area (Å²) in [5.41, 5.74) is 0.904. The highest BCUT2D eigenvalue weighted by Gasteiger charge is 2.17. The molecule has 4 nitrogen and oxygen atoms in total. The second-order valence-corrected chi connectivity index (χ2v) is 5.53. The second-order valence-electron chi connectivity index (χ2n) is 4.68. The lowest BCUT2D eigenvalue weighted by atomic mass is 10.0. The zero-order valence-corrected chi connectivity index (χ0v) is 13.2. The molecule has 1 aromatic carbocycles. The van der Waals surface area contributed by atoms with Gasteiger partial charge in [0.15, 0.2) is 0 Å². The summed E-state index contributed by atoms with van der Waals surface area (Å²) in [6, 6.07) is 4.76. The molecule has 1 aromatic heterocycles. The van der Waals surface area contributed by atoms with E-state index in [9.17, 15) is 4.39 Å². The van der Waals surface area contributed by atoms with Crippen LogP contribution in [0.1, 0.15) is 30.8 Å². The Hall–Kier alpha value is -1.27. The van der Waals surface area contributed by atoms with Crippen LogP contribution in [0.4, 0.5) is 4.39 Å². The van der Waals surface area contributed by atoms with E-state index in [0.717, 1.165) is 28.8 Å². The molecule has 0 fully saturated rings. The quantitative estimate of drug-likeness (QED) is 0.878. The van der Waals surface area contributed by atoms with Crippen molar-refractivity contribution >= 4 is 15.9 Å². The summed E-state index contributed by atoms with van der Waals surface area (Å²) in [7, 11) is 1.86. The highest BCUT2D eigenvalue weighted by atomic mass is 79.9. The van der Waals surface area contributed by atoms with Crippen LogP contribution >= 0.6 is 15.9 Å². The van der Waals surface area contributed by atoms with Crippen molar-refractivity contribution in [3.05, 3.63) is 46.2 Å². The molecule has 1 N–H and O–H groups in total. The minimum Gasteiger partial charge on any atom is -0.310 e. The molecule has 108 valence electrons. The molecule has 20 heavy (non-hydrogen) atoms. The zero-order valence-electron chi connectivity index (χ0n) is 11.6. The van der Waals surface area contributed by atoms with Gasteiger partial charge in [0.2, 0.25) is 0 Å². The van der Waals surface area contributed by atoms with Crippen LogP contribution in [0.5, 0.6) is 0 Å². The number of rotatable bonds is 6. The van der Waals surface area contributed by atoms with Gasteiger partial charge >= 0.3 is 0 Å². The Morgan fingerprint density at radius 3 is 2.90 bits per heavy atom. The maximum Gasteiger partial charge on any atom is 0.138 e. The predicted octanol–water partition coefficient (Wildman–Crippen LogP) is 3.00. The molecule has 0 aliphatic rings. The van der Waals surface area contributed by atoms with E-state index in [1.54, 1.807) is 16.8 Å². The van der Waals surface area contributed by atoms with Crippen molar-refractivity contribution in [3.63, 3.8) is 0 Å². The molecule has 0 aliphatic carbocycles. The van der Waals surface area contributed by atoms with Crippen LogP contribution in [-0.2, 0) is 13.5 Å². The normalized spacial score (nSPS) is 12.6. The molecule has 0 saturated heterocycles. The third-order valence-electron chi connectivity index (χ3n) is 3.17. The van der Waals surface area contributed by atoms with E-state index >= 15 is 0 Å².